The second-order valence-corrected chi connectivity index (χ2v) is 24.7. The van der Waals surface area contributed by atoms with Crippen LogP contribution in [0.25, 0.3) is 0 Å². The number of carbonyl (C=O) groups excluding carboxylic acids is 2. The molecule has 0 aromatic rings. The molecule has 0 aromatic carbocycles. The number of unbranched alkanes of at least 4 members (excludes halogenated alkanes) is 56. The monoisotopic (exact) mass is 1100 g/mol. The zero-order valence-corrected chi connectivity index (χ0v) is 53.2. The van der Waals surface area contributed by atoms with E-state index in [-0.39, 0.29) is 25.2 Å². The molecule has 462 valence electrons. The van der Waals surface area contributed by atoms with Crippen LogP contribution in [0.1, 0.15) is 412 Å². The maximum atomic E-state index is 12.4. The Labute approximate surface area is 489 Å². The van der Waals surface area contributed by atoms with Crippen LogP contribution >= 0.6 is 0 Å². The van der Waals surface area contributed by atoms with E-state index < -0.39 is 6.10 Å². The first-order chi connectivity index (χ1) is 38.6. The molecule has 0 saturated heterocycles. The maximum absolute atomic E-state index is 12.4. The molecule has 0 aliphatic heterocycles. The van der Waals surface area contributed by atoms with E-state index in [1.807, 2.05) is 0 Å². The summed E-state index contributed by atoms with van der Waals surface area (Å²) in [6.45, 7) is 4.20. The molecule has 0 aromatic heterocycles. The first-order valence-corrected chi connectivity index (χ1v) is 35.9. The molecule has 1 N–H and O–H groups in total. The Hall–Kier alpha value is -1.62. The van der Waals surface area contributed by atoms with E-state index in [2.05, 4.69) is 38.2 Å². The lowest BCUT2D eigenvalue weighted by molar-refractivity contribution is -0.161. The number of aliphatic hydroxyl groups excluding tert-OH is 1. The van der Waals surface area contributed by atoms with Gasteiger partial charge in [0.2, 0.25) is 0 Å². The highest BCUT2D eigenvalue weighted by molar-refractivity contribution is 5.70. The van der Waals surface area contributed by atoms with E-state index in [1.54, 1.807) is 0 Å². The summed E-state index contributed by atoms with van der Waals surface area (Å²) in [5.74, 6) is -0.563. The molecule has 5 heteroatoms. The number of aliphatic hydroxyl groups is 1. The molecule has 0 fully saturated rings. The Morgan fingerprint density at radius 2 is 0.513 bits per heavy atom. The lowest BCUT2D eigenvalue weighted by atomic mass is 10.0. The minimum absolute atomic E-state index is 0.0578. The summed E-state index contributed by atoms with van der Waals surface area (Å²) in [5, 5.41) is 9.71. The molecule has 0 radical (unpaired) electrons. The fourth-order valence-electron chi connectivity index (χ4n) is 11.4. The van der Waals surface area contributed by atoms with E-state index in [4.69, 9.17) is 9.47 Å². The quantitative estimate of drug-likeness (QED) is 0.0373. The first kappa shape index (κ1) is 76.4. The highest BCUT2D eigenvalue weighted by Gasteiger charge is 2.16. The van der Waals surface area contributed by atoms with Crippen molar-refractivity contribution in [3.05, 3.63) is 24.3 Å². The summed E-state index contributed by atoms with van der Waals surface area (Å²) < 4.78 is 10.8. The summed E-state index contributed by atoms with van der Waals surface area (Å²) in [5.41, 5.74) is 0. The fraction of sp³-hybridized carbons (Fsp3) is 0.918. The number of allylic oxidation sites excluding steroid dienone is 4. The average molecular weight is 1100 g/mol. The molecule has 0 saturated carbocycles. The van der Waals surface area contributed by atoms with Crippen molar-refractivity contribution in [1.29, 1.82) is 0 Å². The molecule has 0 heterocycles. The molecule has 0 rings (SSSR count). The van der Waals surface area contributed by atoms with Crippen LogP contribution in [0.2, 0.25) is 0 Å². The maximum Gasteiger partial charge on any atom is 0.306 e. The number of esters is 2. The Morgan fingerprint density at radius 1 is 0.295 bits per heavy atom. The Morgan fingerprint density at radius 3 is 0.756 bits per heavy atom. The summed E-state index contributed by atoms with van der Waals surface area (Å²) in [6, 6.07) is 0. The zero-order valence-electron chi connectivity index (χ0n) is 53.2. The van der Waals surface area contributed by atoms with Crippen molar-refractivity contribution >= 4 is 11.9 Å². The molecule has 78 heavy (non-hydrogen) atoms. The number of ether oxygens (including phenoxy) is 2. The van der Waals surface area contributed by atoms with Crippen molar-refractivity contribution in [3.63, 3.8) is 0 Å². The van der Waals surface area contributed by atoms with Crippen molar-refractivity contribution in [1.82, 2.24) is 0 Å². The number of hydrogen-bond donors (Lipinski definition) is 1. The fourth-order valence-corrected chi connectivity index (χ4v) is 11.4. The molecule has 0 bridgehead atoms. The number of rotatable bonds is 68. The van der Waals surface area contributed by atoms with Gasteiger partial charge < -0.3 is 14.6 Å². The van der Waals surface area contributed by atoms with Gasteiger partial charge in [-0.15, -0.1) is 0 Å². The largest absolute Gasteiger partial charge is 0.462 e. The lowest BCUT2D eigenvalue weighted by Gasteiger charge is -2.15. The molecule has 1 atom stereocenters. The van der Waals surface area contributed by atoms with Gasteiger partial charge >= 0.3 is 11.9 Å². The molecule has 0 spiro atoms. The molecule has 0 aliphatic rings. The van der Waals surface area contributed by atoms with Crippen LogP contribution in [0.15, 0.2) is 24.3 Å². The van der Waals surface area contributed by atoms with Gasteiger partial charge in [0.15, 0.2) is 6.10 Å². The average Bonchev–Trinajstić information content (AvgIpc) is 3.44. The van der Waals surface area contributed by atoms with Crippen molar-refractivity contribution < 1.29 is 24.2 Å². The summed E-state index contributed by atoms with van der Waals surface area (Å²) in [7, 11) is 0. The number of carbonyl (C=O) groups is 2. The summed E-state index contributed by atoms with van der Waals surface area (Å²) in [6.07, 6.45) is 90.9. The zero-order chi connectivity index (χ0) is 56.2. The summed E-state index contributed by atoms with van der Waals surface area (Å²) >= 11 is 0. The molecular weight excluding hydrogens is 957 g/mol. The van der Waals surface area contributed by atoms with Gasteiger partial charge in [-0.1, -0.05) is 378 Å². The van der Waals surface area contributed by atoms with E-state index in [0.29, 0.717) is 12.8 Å². The van der Waals surface area contributed by atoms with Crippen LogP contribution in [0.5, 0.6) is 0 Å². The molecule has 1 unspecified atom stereocenters. The van der Waals surface area contributed by atoms with Gasteiger partial charge in [-0.2, -0.15) is 0 Å². The van der Waals surface area contributed by atoms with E-state index in [1.165, 1.54) is 347 Å². The Balaban J connectivity index is 3.37. The highest BCUT2D eigenvalue weighted by atomic mass is 16.6. The van der Waals surface area contributed by atoms with Gasteiger partial charge in [0.25, 0.3) is 0 Å². The SMILES string of the molecule is CCCCCCC/C=C\C/C=C\CCCCCCCCCCCCCCCCCCCCCC(=O)OC(CO)COC(=O)CCCCCCCCCCCCCCCCCCCCCCCCCCCCCCCCCCC. The summed E-state index contributed by atoms with van der Waals surface area (Å²) in [4.78, 5) is 24.7. The number of hydrogen-bond acceptors (Lipinski definition) is 5. The van der Waals surface area contributed by atoms with Crippen molar-refractivity contribution in [3.8, 4) is 0 Å². The highest BCUT2D eigenvalue weighted by Crippen LogP contribution is 2.19. The van der Waals surface area contributed by atoms with Crippen molar-refractivity contribution in [2.45, 2.75) is 418 Å². The molecule has 0 amide bonds. The van der Waals surface area contributed by atoms with Crippen LogP contribution in [0.4, 0.5) is 0 Å². The lowest BCUT2D eigenvalue weighted by Crippen LogP contribution is -2.28. The predicted octanol–water partition coefficient (Wildman–Crippen LogP) is 24.8. The third-order valence-corrected chi connectivity index (χ3v) is 16.7. The van der Waals surface area contributed by atoms with Crippen molar-refractivity contribution in [2.24, 2.45) is 0 Å². The second-order valence-electron chi connectivity index (χ2n) is 24.7. The van der Waals surface area contributed by atoms with Crippen LogP contribution in [0, 0.1) is 0 Å². The second kappa shape index (κ2) is 69.6. The van der Waals surface area contributed by atoms with E-state index in [0.717, 1.165) is 38.5 Å². The van der Waals surface area contributed by atoms with E-state index >= 15 is 0 Å². The van der Waals surface area contributed by atoms with E-state index in [9.17, 15) is 14.7 Å². The molecule has 5 nitrogen and oxygen atoms in total. The predicted molar refractivity (Wildman–Crippen MR) is 344 cm³/mol. The van der Waals surface area contributed by atoms with Gasteiger partial charge in [-0.25, -0.2) is 0 Å². The Kier molecular flexibility index (Phi) is 68.2. The standard InChI is InChI=1S/C73H140O5/c1-3-5-7-9-11-13-15-17-19-21-23-25-27-29-31-33-35-36-38-39-41-43-45-47-49-51-53-55-57-59-61-63-65-67-72(75)77-70-71(69-74)78-73(76)68-66-64-62-60-58-56-54-52-50-48-46-44-42-40-37-34-32-30-28-26-24-22-20-18-16-14-12-10-8-6-4-2/h16,18,22,24,71,74H,3-15,17,19-21,23,25-70H2,1-2H3/b18-16-,24-22-. The third kappa shape index (κ3) is 66.9. The van der Waals surface area contributed by atoms with Crippen LogP contribution < -0.4 is 0 Å². The van der Waals surface area contributed by atoms with Gasteiger partial charge in [0, 0.05) is 12.8 Å². The molecular formula is C73H140O5. The van der Waals surface area contributed by atoms with Crippen LogP contribution in [-0.4, -0.2) is 36.4 Å². The van der Waals surface area contributed by atoms with Crippen molar-refractivity contribution in [2.75, 3.05) is 13.2 Å². The van der Waals surface area contributed by atoms with Crippen LogP contribution in [-0.2, 0) is 19.1 Å². The minimum Gasteiger partial charge on any atom is -0.462 e. The van der Waals surface area contributed by atoms with Gasteiger partial charge in [-0.3, -0.25) is 9.59 Å². The van der Waals surface area contributed by atoms with Crippen LogP contribution in [0.3, 0.4) is 0 Å². The molecule has 0 aliphatic carbocycles. The normalized spacial score (nSPS) is 12.2. The smallest absolute Gasteiger partial charge is 0.306 e. The van der Waals surface area contributed by atoms with Gasteiger partial charge in [0.05, 0.1) is 6.61 Å². The van der Waals surface area contributed by atoms with Gasteiger partial charge in [0.1, 0.15) is 6.61 Å². The minimum atomic E-state index is -0.769. The Bertz CT molecular complexity index is 1200. The topological polar surface area (TPSA) is 72.8 Å². The van der Waals surface area contributed by atoms with Gasteiger partial charge in [-0.05, 0) is 44.9 Å². The third-order valence-electron chi connectivity index (χ3n) is 16.7. The first-order valence-electron chi connectivity index (χ1n) is 35.9.